The minimum atomic E-state index is -0.320. The van der Waals surface area contributed by atoms with Crippen molar-refractivity contribution < 1.29 is 19.0 Å². The van der Waals surface area contributed by atoms with Crippen molar-refractivity contribution in [3.63, 3.8) is 0 Å². The summed E-state index contributed by atoms with van der Waals surface area (Å²) in [6.45, 7) is 0.104. The van der Waals surface area contributed by atoms with Crippen molar-refractivity contribution in [1.29, 1.82) is 0 Å². The van der Waals surface area contributed by atoms with Crippen LogP contribution in [0.1, 0.15) is 0 Å². The summed E-state index contributed by atoms with van der Waals surface area (Å²) in [4.78, 5) is 30.8. The number of para-hydroxylation sites is 3. The van der Waals surface area contributed by atoms with Crippen molar-refractivity contribution in [2.75, 3.05) is 25.0 Å². The van der Waals surface area contributed by atoms with Gasteiger partial charge in [-0.15, -0.1) is 0 Å². The van der Waals surface area contributed by atoms with Gasteiger partial charge in [-0.25, -0.2) is 4.98 Å². The van der Waals surface area contributed by atoms with Crippen LogP contribution in [0, 0.1) is 0 Å². The average Bonchev–Trinajstić information content (AvgIpc) is 3.30. The second-order valence-corrected chi connectivity index (χ2v) is 8.60. The molecule has 8 nitrogen and oxygen atoms in total. The molecule has 1 aliphatic rings. The molecule has 1 amide bonds. The number of benzene rings is 3. The van der Waals surface area contributed by atoms with Crippen molar-refractivity contribution >= 4 is 45.9 Å². The number of amides is 1. The SMILES string of the molecule is COc1ccccc1-n1c(SCC(=O)Nc2cc3c(cc2Cl)OCO3)nc2ccccc2c1=O. The van der Waals surface area contributed by atoms with E-state index in [0.717, 1.165) is 11.8 Å². The molecular weight excluding hydrogens is 478 g/mol. The fourth-order valence-electron chi connectivity index (χ4n) is 3.57. The molecule has 0 aliphatic carbocycles. The van der Waals surface area contributed by atoms with Crippen molar-refractivity contribution in [3.8, 4) is 22.9 Å². The van der Waals surface area contributed by atoms with E-state index >= 15 is 0 Å². The third-order valence-corrected chi connectivity index (χ3v) is 6.39. The molecule has 4 aromatic rings. The van der Waals surface area contributed by atoms with Crippen molar-refractivity contribution in [2.45, 2.75) is 5.16 Å². The fourth-order valence-corrected chi connectivity index (χ4v) is 4.57. The molecule has 0 radical (unpaired) electrons. The van der Waals surface area contributed by atoms with E-state index in [1.807, 2.05) is 18.2 Å². The lowest BCUT2D eigenvalue weighted by atomic mass is 10.2. The maximum atomic E-state index is 13.4. The molecule has 172 valence electrons. The van der Waals surface area contributed by atoms with Gasteiger partial charge in [0.25, 0.3) is 5.56 Å². The number of methoxy groups -OCH3 is 1. The number of carbonyl (C=O) groups is 1. The van der Waals surface area contributed by atoms with E-state index in [2.05, 4.69) is 10.3 Å². The predicted octanol–water partition coefficient (Wildman–Crippen LogP) is 4.51. The van der Waals surface area contributed by atoms with Gasteiger partial charge in [0.15, 0.2) is 16.7 Å². The van der Waals surface area contributed by atoms with E-state index in [1.54, 1.807) is 42.5 Å². The Morgan fingerprint density at radius 3 is 2.71 bits per heavy atom. The Morgan fingerprint density at radius 2 is 1.88 bits per heavy atom. The van der Waals surface area contributed by atoms with E-state index in [0.29, 0.717) is 49.7 Å². The van der Waals surface area contributed by atoms with Crippen LogP contribution in [0.5, 0.6) is 17.2 Å². The maximum absolute atomic E-state index is 13.4. The van der Waals surface area contributed by atoms with Crippen molar-refractivity contribution in [3.05, 3.63) is 76.0 Å². The lowest BCUT2D eigenvalue weighted by Gasteiger charge is -2.15. The lowest BCUT2D eigenvalue weighted by Crippen LogP contribution is -2.23. The molecule has 10 heteroatoms. The fraction of sp³-hybridized carbons (Fsp3) is 0.125. The van der Waals surface area contributed by atoms with Crippen LogP contribution in [0.2, 0.25) is 5.02 Å². The molecule has 0 atom stereocenters. The second kappa shape index (κ2) is 9.28. The first kappa shape index (κ1) is 22.1. The number of thioether (sulfide) groups is 1. The number of nitrogens with one attached hydrogen (secondary N) is 1. The number of fused-ring (bicyclic) bond motifs is 2. The van der Waals surface area contributed by atoms with Crippen LogP contribution in [0.3, 0.4) is 0 Å². The van der Waals surface area contributed by atoms with E-state index in [9.17, 15) is 9.59 Å². The summed E-state index contributed by atoms with van der Waals surface area (Å²) in [6.07, 6.45) is 0. The lowest BCUT2D eigenvalue weighted by molar-refractivity contribution is -0.113. The Bertz CT molecular complexity index is 1470. The zero-order valence-electron chi connectivity index (χ0n) is 17.9. The average molecular weight is 496 g/mol. The van der Waals surface area contributed by atoms with E-state index < -0.39 is 0 Å². The summed E-state index contributed by atoms with van der Waals surface area (Å²) in [7, 11) is 1.54. The Hall–Kier alpha value is -3.69. The van der Waals surface area contributed by atoms with E-state index in [4.69, 9.17) is 25.8 Å². The number of anilines is 1. The molecule has 2 heterocycles. The van der Waals surface area contributed by atoms with Gasteiger partial charge in [-0.05, 0) is 24.3 Å². The molecule has 0 spiro atoms. The van der Waals surface area contributed by atoms with E-state index in [1.165, 1.54) is 11.7 Å². The zero-order valence-corrected chi connectivity index (χ0v) is 19.5. The highest BCUT2D eigenvalue weighted by atomic mass is 35.5. The predicted molar refractivity (Wildman–Crippen MR) is 131 cm³/mol. The molecule has 0 bridgehead atoms. The highest BCUT2D eigenvalue weighted by Crippen LogP contribution is 2.39. The number of hydrogen-bond donors (Lipinski definition) is 1. The summed E-state index contributed by atoms with van der Waals surface area (Å²) in [5.74, 6) is 1.22. The first-order chi connectivity index (χ1) is 16.5. The zero-order chi connectivity index (χ0) is 23.7. The molecule has 1 N–H and O–H groups in total. The van der Waals surface area contributed by atoms with Gasteiger partial charge < -0.3 is 19.5 Å². The Morgan fingerprint density at radius 1 is 1.15 bits per heavy atom. The quantitative estimate of drug-likeness (QED) is 0.311. The number of ether oxygens (including phenoxy) is 3. The highest BCUT2D eigenvalue weighted by Gasteiger charge is 2.20. The Kier molecular flexibility index (Phi) is 6.04. The molecular formula is C24H18ClN3O5S. The van der Waals surface area contributed by atoms with Crippen LogP contribution >= 0.6 is 23.4 Å². The molecule has 1 aromatic heterocycles. The third kappa shape index (κ3) is 4.15. The first-order valence-corrected chi connectivity index (χ1v) is 11.6. The molecule has 0 unspecified atom stereocenters. The summed E-state index contributed by atoms with van der Waals surface area (Å²) in [5, 5.41) is 3.94. The van der Waals surface area contributed by atoms with Gasteiger partial charge in [0.1, 0.15) is 5.75 Å². The standard InChI is InChI=1S/C24H18ClN3O5S/c1-31-19-9-5-4-8-18(19)28-23(30)14-6-2-3-7-16(14)27-24(28)34-12-22(29)26-17-11-21-20(10-15(17)25)32-13-33-21/h2-11H,12-13H2,1H3,(H,26,29). The number of rotatable bonds is 6. The summed E-state index contributed by atoms with van der Waals surface area (Å²) in [6, 6.07) is 17.5. The molecule has 3 aromatic carbocycles. The number of hydrogen-bond acceptors (Lipinski definition) is 7. The topological polar surface area (TPSA) is 91.7 Å². The molecule has 0 saturated carbocycles. The van der Waals surface area contributed by atoms with Gasteiger partial charge in [-0.3, -0.25) is 14.2 Å². The number of carbonyl (C=O) groups excluding carboxylic acids is 1. The van der Waals surface area contributed by atoms with Gasteiger partial charge in [0.05, 0.1) is 40.2 Å². The minimum Gasteiger partial charge on any atom is -0.495 e. The van der Waals surface area contributed by atoms with Gasteiger partial charge in [-0.1, -0.05) is 47.6 Å². The molecule has 34 heavy (non-hydrogen) atoms. The van der Waals surface area contributed by atoms with Gasteiger partial charge in [0.2, 0.25) is 12.7 Å². The second-order valence-electron chi connectivity index (χ2n) is 7.25. The van der Waals surface area contributed by atoms with Crippen LogP contribution in [0.15, 0.2) is 70.6 Å². The monoisotopic (exact) mass is 495 g/mol. The van der Waals surface area contributed by atoms with Crippen LogP contribution in [-0.4, -0.2) is 35.1 Å². The minimum absolute atomic E-state index is 0.00923. The molecule has 5 rings (SSSR count). The number of nitrogens with zero attached hydrogens (tertiary/aromatic N) is 2. The van der Waals surface area contributed by atoms with Gasteiger partial charge in [-0.2, -0.15) is 0 Å². The third-order valence-electron chi connectivity index (χ3n) is 5.14. The van der Waals surface area contributed by atoms with Crippen LogP contribution in [0.25, 0.3) is 16.6 Å². The van der Waals surface area contributed by atoms with Crippen molar-refractivity contribution in [2.24, 2.45) is 0 Å². The normalized spacial score (nSPS) is 12.1. The molecule has 0 saturated heterocycles. The Labute approximate surface area is 203 Å². The number of halogens is 1. The van der Waals surface area contributed by atoms with Gasteiger partial charge in [0, 0.05) is 12.1 Å². The largest absolute Gasteiger partial charge is 0.495 e. The highest BCUT2D eigenvalue weighted by molar-refractivity contribution is 7.99. The summed E-state index contributed by atoms with van der Waals surface area (Å²) < 4.78 is 17.6. The maximum Gasteiger partial charge on any atom is 0.266 e. The first-order valence-electron chi connectivity index (χ1n) is 10.2. The Balaban J connectivity index is 1.47. The van der Waals surface area contributed by atoms with Crippen molar-refractivity contribution in [1.82, 2.24) is 9.55 Å². The summed E-state index contributed by atoms with van der Waals surface area (Å²) in [5.41, 5.74) is 1.23. The van der Waals surface area contributed by atoms with Crippen LogP contribution in [-0.2, 0) is 4.79 Å². The van der Waals surface area contributed by atoms with Gasteiger partial charge >= 0.3 is 0 Å². The smallest absolute Gasteiger partial charge is 0.266 e. The van der Waals surface area contributed by atoms with Crippen LogP contribution in [0.4, 0.5) is 5.69 Å². The number of aromatic nitrogens is 2. The molecule has 0 fully saturated rings. The van der Waals surface area contributed by atoms with Crippen LogP contribution < -0.4 is 25.1 Å². The molecule has 1 aliphatic heterocycles. The van der Waals surface area contributed by atoms with E-state index in [-0.39, 0.29) is 24.0 Å². The summed E-state index contributed by atoms with van der Waals surface area (Å²) >= 11 is 7.40.